The molecule has 1 atom stereocenters. The van der Waals surface area contributed by atoms with Gasteiger partial charge in [-0.1, -0.05) is 19.9 Å². The zero-order chi connectivity index (χ0) is 25.8. The number of halogens is 3. The molecule has 0 spiro atoms. The quantitative estimate of drug-likeness (QED) is 0.515. The molecule has 8 heteroatoms. The number of hydrogen-bond acceptors (Lipinski definition) is 4. The van der Waals surface area contributed by atoms with Gasteiger partial charge in [0.2, 0.25) is 0 Å². The highest BCUT2D eigenvalue weighted by molar-refractivity contribution is 5.94. The third kappa shape index (κ3) is 6.76. The van der Waals surface area contributed by atoms with Gasteiger partial charge in [-0.25, -0.2) is 0 Å². The van der Waals surface area contributed by atoms with E-state index in [9.17, 15) is 18.0 Å². The van der Waals surface area contributed by atoms with Crippen LogP contribution in [0.1, 0.15) is 59.4 Å². The predicted octanol–water partition coefficient (Wildman–Crippen LogP) is 5.22. The van der Waals surface area contributed by atoms with E-state index in [0.29, 0.717) is 38.8 Å². The number of carbonyl (C=O) groups excluding carboxylic acids is 1. The Morgan fingerprint density at radius 2 is 1.60 bits per heavy atom. The lowest BCUT2D eigenvalue weighted by molar-refractivity contribution is -0.137. The molecule has 1 aliphatic rings. The summed E-state index contributed by atoms with van der Waals surface area (Å²) in [5.74, 6) is 0.669. The molecule has 2 aromatic rings. The fraction of sp³-hybridized carbons (Fsp3) is 0.519. The molecule has 0 saturated carbocycles. The Kier molecular flexibility index (Phi) is 8.83. The second-order valence-corrected chi connectivity index (χ2v) is 9.44. The number of ether oxygens (including phenoxy) is 1. The molecule has 1 heterocycles. The van der Waals surface area contributed by atoms with E-state index in [2.05, 4.69) is 50.9 Å². The van der Waals surface area contributed by atoms with Gasteiger partial charge in [-0.05, 0) is 67.8 Å². The molecule has 0 radical (unpaired) electrons. The Balaban J connectivity index is 1.58. The summed E-state index contributed by atoms with van der Waals surface area (Å²) in [7, 11) is 0. The monoisotopic (exact) mass is 491 g/mol. The van der Waals surface area contributed by atoms with Crippen LogP contribution in [0.4, 0.5) is 13.2 Å². The lowest BCUT2D eigenvalue weighted by Gasteiger charge is -2.39. The van der Waals surface area contributed by atoms with Gasteiger partial charge in [0.15, 0.2) is 0 Å². The molecule has 35 heavy (non-hydrogen) atoms. The van der Waals surface area contributed by atoms with Crippen molar-refractivity contribution in [2.45, 2.75) is 52.9 Å². The number of amides is 1. The van der Waals surface area contributed by atoms with Crippen LogP contribution in [0.2, 0.25) is 0 Å². The molecule has 1 N–H and O–H groups in total. The summed E-state index contributed by atoms with van der Waals surface area (Å²) in [4.78, 5) is 16.8. The maximum atomic E-state index is 12.8. The van der Waals surface area contributed by atoms with Crippen LogP contribution in [-0.2, 0) is 6.18 Å². The molecule has 2 aromatic carbocycles. The summed E-state index contributed by atoms with van der Waals surface area (Å²) >= 11 is 0. The lowest BCUT2D eigenvalue weighted by Crippen LogP contribution is -2.49. The molecule has 0 aliphatic carbocycles. The number of hydrogen-bond donors (Lipinski definition) is 1. The average Bonchev–Trinajstić information content (AvgIpc) is 2.83. The number of rotatable bonds is 8. The first-order chi connectivity index (χ1) is 16.5. The average molecular weight is 492 g/mol. The minimum absolute atomic E-state index is 0.175. The lowest BCUT2D eigenvalue weighted by atomic mass is 9.96. The summed E-state index contributed by atoms with van der Waals surface area (Å²) in [6, 6.07) is 9.20. The van der Waals surface area contributed by atoms with E-state index in [4.69, 9.17) is 4.74 Å². The predicted molar refractivity (Wildman–Crippen MR) is 132 cm³/mol. The van der Waals surface area contributed by atoms with Gasteiger partial charge in [0.05, 0.1) is 5.56 Å². The second kappa shape index (κ2) is 11.4. The first-order valence-electron chi connectivity index (χ1n) is 12.2. The van der Waals surface area contributed by atoms with Gasteiger partial charge < -0.3 is 15.0 Å². The Labute approximate surface area is 206 Å². The van der Waals surface area contributed by atoms with E-state index in [1.807, 2.05) is 6.07 Å². The molecular weight excluding hydrogens is 455 g/mol. The maximum Gasteiger partial charge on any atom is 0.416 e. The molecule has 0 aromatic heterocycles. The summed E-state index contributed by atoms with van der Waals surface area (Å²) in [6.45, 7) is 14.5. The molecule has 3 rings (SSSR count). The third-order valence-electron chi connectivity index (χ3n) is 6.75. The van der Waals surface area contributed by atoms with E-state index < -0.39 is 11.7 Å². The van der Waals surface area contributed by atoms with Crippen LogP contribution >= 0.6 is 0 Å². The molecule has 1 amide bonds. The minimum Gasteiger partial charge on any atom is -0.492 e. The van der Waals surface area contributed by atoms with Crippen molar-refractivity contribution >= 4 is 5.91 Å². The second-order valence-electron chi connectivity index (χ2n) is 9.44. The molecule has 5 nitrogen and oxygen atoms in total. The van der Waals surface area contributed by atoms with Gasteiger partial charge in [0.25, 0.3) is 5.91 Å². The fourth-order valence-corrected chi connectivity index (χ4v) is 4.43. The van der Waals surface area contributed by atoms with Crippen molar-refractivity contribution < 1.29 is 22.7 Å². The van der Waals surface area contributed by atoms with Crippen molar-refractivity contribution in [3.05, 3.63) is 64.2 Å². The van der Waals surface area contributed by atoms with Gasteiger partial charge in [-0.15, -0.1) is 0 Å². The number of nitrogens with one attached hydrogen (secondary N) is 1. The number of piperazine rings is 1. The van der Waals surface area contributed by atoms with E-state index >= 15 is 0 Å². The van der Waals surface area contributed by atoms with Crippen molar-refractivity contribution in [3.8, 4) is 5.75 Å². The maximum absolute atomic E-state index is 12.8. The first-order valence-corrected chi connectivity index (χ1v) is 12.2. The number of benzene rings is 2. The van der Waals surface area contributed by atoms with Crippen LogP contribution in [0.5, 0.6) is 5.75 Å². The summed E-state index contributed by atoms with van der Waals surface area (Å²) in [6.07, 6.45) is -4.41. The normalized spacial score (nSPS) is 16.0. The summed E-state index contributed by atoms with van der Waals surface area (Å²) < 4.78 is 44.4. The zero-order valence-electron chi connectivity index (χ0n) is 21.2. The third-order valence-corrected chi connectivity index (χ3v) is 6.75. The van der Waals surface area contributed by atoms with Crippen LogP contribution in [0.3, 0.4) is 0 Å². The van der Waals surface area contributed by atoms with Gasteiger partial charge in [-0.2, -0.15) is 13.2 Å². The van der Waals surface area contributed by atoms with Crippen LogP contribution < -0.4 is 10.1 Å². The van der Waals surface area contributed by atoms with Gasteiger partial charge in [0.1, 0.15) is 12.4 Å². The molecular formula is C27H36F3N3O2. The van der Waals surface area contributed by atoms with E-state index in [1.165, 1.54) is 23.3 Å². The topological polar surface area (TPSA) is 44.8 Å². The van der Waals surface area contributed by atoms with Crippen molar-refractivity contribution in [3.63, 3.8) is 0 Å². The molecule has 1 saturated heterocycles. The fourth-order valence-electron chi connectivity index (χ4n) is 4.43. The van der Waals surface area contributed by atoms with Crippen LogP contribution in [-0.4, -0.2) is 61.1 Å². The zero-order valence-corrected chi connectivity index (χ0v) is 21.2. The molecule has 0 bridgehead atoms. The standard InChI is InChI=1S/C27H36F3N3O2/c1-18(2)31-12-17-35-25-11-10-24(19(3)20(25)4)21(5)32-13-15-33(16-14-32)26(34)22-6-8-23(9-7-22)27(28,29)30/h6-11,18,21,31H,12-17H2,1-5H3. The molecule has 1 aliphatic heterocycles. The summed E-state index contributed by atoms with van der Waals surface area (Å²) in [5, 5.41) is 3.35. The number of alkyl halides is 3. The minimum atomic E-state index is -4.41. The van der Waals surface area contributed by atoms with E-state index in [0.717, 1.165) is 30.0 Å². The summed E-state index contributed by atoms with van der Waals surface area (Å²) in [5.41, 5.74) is 3.11. The number of nitrogens with zero attached hydrogens (tertiary/aromatic N) is 2. The van der Waals surface area contributed by atoms with Gasteiger partial charge in [0, 0.05) is 50.4 Å². The Hall–Kier alpha value is -2.58. The van der Waals surface area contributed by atoms with Gasteiger partial charge >= 0.3 is 6.18 Å². The van der Waals surface area contributed by atoms with Crippen LogP contribution in [0, 0.1) is 13.8 Å². The van der Waals surface area contributed by atoms with Crippen molar-refractivity contribution in [1.29, 1.82) is 0 Å². The Bertz CT molecular complexity index is 998. The molecule has 1 fully saturated rings. The largest absolute Gasteiger partial charge is 0.492 e. The Morgan fingerprint density at radius 1 is 0.971 bits per heavy atom. The smallest absolute Gasteiger partial charge is 0.416 e. The Morgan fingerprint density at radius 3 is 2.17 bits per heavy atom. The van der Waals surface area contributed by atoms with E-state index in [1.54, 1.807) is 4.90 Å². The number of carbonyl (C=O) groups is 1. The van der Waals surface area contributed by atoms with Gasteiger partial charge in [-0.3, -0.25) is 9.69 Å². The van der Waals surface area contributed by atoms with E-state index in [-0.39, 0.29) is 17.5 Å². The van der Waals surface area contributed by atoms with Crippen molar-refractivity contribution in [2.24, 2.45) is 0 Å². The highest BCUT2D eigenvalue weighted by Crippen LogP contribution is 2.32. The van der Waals surface area contributed by atoms with Crippen LogP contribution in [0.15, 0.2) is 36.4 Å². The molecule has 192 valence electrons. The van der Waals surface area contributed by atoms with Crippen molar-refractivity contribution in [2.75, 3.05) is 39.3 Å². The van der Waals surface area contributed by atoms with Crippen molar-refractivity contribution in [1.82, 2.24) is 15.1 Å². The highest BCUT2D eigenvalue weighted by Gasteiger charge is 2.31. The molecule has 1 unspecified atom stereocenters. The first kappa shape index (κ1) is 27.0. The highest BCUT2D eigenvalue weighted by atomic mass is 19.4. The van der Waals surface area contributed by atoms with Crippen LogP contribution in [0.25, 0.3) is 0 Å². The SMILES string of the molecule is Cc1c(OCCNC(C)C)ccc(C(C)N2CCN(C(=O)c3ccc(C(F)(F)F)cc3)CC2)c1C.